The summed E-state index contributed by atoms with van der Waals surface area (Å²) in [5.41, 5.74) is 1.88. The number of nitrogens with one attached hydrogen (secondary N) is 2. The van der Waals surface area contributed by atoms with Crippen molar-refractivity contribution >= 4 is 29.3 Å². The molecule has 1 aliphatic heterocycles. The van der Waals surface area contributed by atoms with E-state index in [2.05, 4.69) is 10.6 Å². The number of benzene rings is 3. The third kappa shape index (κ3) is 8.55. The first kappa shape index (κ1) is 29.1. The van der Waals surface area contributed by atoms with Crippen LogP contribution in [0.1, 0.15) is 40.7 Å². The number of carbonyl (C=O) groups is 3. The zero-order valence-corrected chi connectivity index (χ0v) is 23.0. The van der Waals surface area contributed by atoms with Gasteiger partial charge in [0, 0.05) is 31.1 Å². The predicted octanol–water partition coefficient (Wildman–Crippen LogP) is 4.57. The van der Waals surface area contributed by atoms with E-state index in [0.29, 0.717) is 56.1 Å². The quantitative estimate of drug-likeness (QED) is 0.485. The molecule has 4 rings (SSSR count). The van der Waals surface area contributed by atoms with E-state index in [1.165, 1.54) is 18.2 Å². The molecule has 1 heterocycles. The van der Waals surface area contributed by atoms with Crippen LogP contribution in [0.4, 0.5) is 4.39 Å². The largest absolute Gasteiger partial charge is 0.493 e. The van der Waals surface area contributed by atoms with Gasteiger partial charge < -0.3 is 20.3 Å². The van der Waals surface area contributed by atoms with Crippen LogP contribution in [0.3, 0.4) is 0 Å². The molecule has 1 aliphatic rings. The molecule has 0 fully saturated rings. The first-order chi connectivity index (χ1) is 19.4. The number of fused-ring (bicyclic) bond motifs is 1. The van der Waals surface area contributed by atoms with Gasteiger partial charge in [-0.2, -0.15) is 0 Å². The lowest BCUT2D eigenvalue weighted by Crippen LogP contribution is -2.48. The summed E-state index contributed by atoms with van der Waals surface area (Å²) in [5, 5.41) is 6.16. The summed E-state index contributed by atoms with van der Waals surface area (Å²) in [7, 11) is 0. The Kier molecular flexibility index (Phi) is 10.5. The standard InChI is InChI=1S/C31H33ClFN3O4/c32-24-11-14-28-26(21-24)30(38)35-27(19-22-7-2-1-3-8-22)31(39)34-15-4-5-16-36(17-6-18-40-28)29(37)20-23-9-12-25(33)13-10-23/h1-3,7-14,21,27H,4-6,15-20H2,(H,34,39)(H,35,38)/t27-/m0/s1. The smallest absolute Gasteiger partial charge is 0.255 e. The maximum atomic E-state index is 13.3. The molecule has 7 nitrogen and oxygen atoms in total. The van der Waals surface area contributed by atoms with Crippen LogP contribution in [0.25, 0.3) is 0 Å². The lowest BCUT2D eigenvalue weighted by Gasteiger charge is -2.24. The second kappa shape index (κ2) is 14.5. The molecule has 3 aromatic carbocycles. The van der Waals surface area contributed by atoms with E-state index in [4.69, 9.17) is 16.3 Å². The van der Waals surface area contributed by atoms with E-state index in [-0.39, 0.29) is 36.2 Å². The number of hydrogen-bond acceptors (Lipinski definition) is 4. The minimum absolute atomic E-state index is 0.0637. The molecule has 0 saturated heterocycles. The number of nitrogens with zero attached hydrogens (tertiary/aromatic N) is 1. The zero-order valence-electron chi connectivity index (χ0n) is 22.2. The molecule has 0 spiro atoms. The Morgan fingerprint density at radius 3 is 2.48 bits per heavy atom. The maximum absolute atomic E-state index is 13.3. The maximum Gasteiger partial charge on any atom is 0.255 e. The van der Waals surface area contributed by atoms with Crippen molar-refractivity contribution in [2.45, 2.75) is 38.1 Å². The molecule has 9 heteroatoms. The highest BCUT2D eigenvalue weighted by Crippen LogP contribution is 2.24. The lowest BCUT2D eigenvalue weighted by molar-refractivity contribution is -0.130. The lowest BCUT2D eigenvalue weighted by atomic mass is 10.0. The molecule has 0 bridgehead atoms. The Labute approximate surface area is 238 Å². The normalized spacial score (nSPS) is 17.2. The third-order valence-corrected chi connectivity index (χ3v) is 6.93. The van der Waals surface area contributed by atoms with Crippen LogP contribution in [-0.2, 0) is 22.4 Å². The fraction of sp³-hybridized carbons (Fsp3) is 0.323. The van der Waals surface area contributed by atoms with Crippen LogP contribution in [0.15, 0.2) is 72.8 Å². The molecular formula is C31H33ClFN3O4. The highest BCUT2D eigenvalue weighted by Gasteiger charge is 2.24. The molecule has 0 aromatic heterocycles. The van der Waals surface area contributed by atoms with Gasteiger partial charge in [0.25, 0.3) is 5.91 Å². The zero-order chi connectivity index (χ0) is 28.3. The van der Waals surface area contributed by atoms with Gasteiger partial charge in [-0.25, -0.2) is 4.39 Å². The highest BCUT2D eigenvalue weighted by atomic mass is 35.5. The highest BCUT2D eigenvalue weighted by molar-refractivity contribution is 6.31. The molecule has 1 atom stereocenters. The molecule has 210 valence electrons. The van der Waals surface area contributed by atoms with Gasteiger partial charge in [-0.1, -0.05) is 54.1 Å². The second-order valence-electron chi connectivity index (χ2n) is 9.74. The number of rotatable bonds is 4. The Bertz CT molecular complexity index is 1300. The first-order valence-corrected chi connectivity index (χ1v) is 13.8. The fourth-order valence-electron chi connectivity index (χ4n) is 4.55. The second-order valence-corrected chi connectivity index (χ2v) is 10.2. The summed E-state index contributed by atoms with van der Waals surface area (Å²) in [6.07, 6.45) is 2.38. The number of ether oxygens (including phenoxy) is 1. The van der Waals surface area contributed by atoms with Crippen LogP contribution in [0.2, 0.25) is 5.02 Å². The van der Waals surface area contributed by atoms with Crippen molar-refractivity contribution in [1.29, 1.82) is 0 Å². The summed E-state index contributed by atoms with van der Waals surface area (Å²) < 4.78 is 19.2. The van der Waals surface area contributed by atoms with Gasteiger partial charge in [0.05, 0.1) is 18.6 Å². The number of amides is 3. The Balaban J connectivity index is 1.50. The van der Waals surface area contributed by atoms with E-state index in [0.717, 1.165) is 11.1 Å². The molecule has 0 unspecified atom stereocenters. The van der Waals surface area contributed by atoms with Crippen molar-refractivity contribution in [2.75, 3.05) is 26.2 Å². The van der Waals surface area contributed by atoms with Crippen LogP contribution >= 0.6 is 11.6 Å². The van der Waals surface area contributed by atoms with Crippen molar-refractivity contribution < 1.29 is 23.5 Å². The third-order valence-electron chi connectivity index (χ3n) is 6.70. The van der Waals surface area contributed by atoms with E-state index in [9.17, 15) is 18.8 Å². The van der Waals surface area contributed by atoms with Crippen molar-refractivity contribution in [3.05, 3.63) is 100 Å². The summed E-state index contributed by atoms with van der Waals surface area (Å²) in [6.45, 7) is 1.66. The number of hydrogen-bond donors (Lipinski definition) is 2. The topological polar surface area (TPSA) is 87.7 Å². The number of carbonyl (C=O) groups excluding carboxylic acids is 3. The van der Waals surface area contributed by atoms with E-state index in [1.54, 1.807) is 29.2 Å². The monoisotopic (exact) mass is 565 g/mol. The van der Waals surface area contributed by atoms with Gasteiger partial charge in [0.2, 0.25) is 11.8 Å². The molecule has 0 radical (unpaired) electrons. The molecule has 0 aliphatic carbocycles. The van der Waals surface area contributed by atoms with Crippen LogP contribution < -0.4 is 15.4 Å². The van der Waals surface area contributed by atoms with Gasteiger partial charge in [-0.05, 0) is 60.7 Å². The van der Waals surface area contributed by atoms with Crippen LogP contribution in [0.5, 0.6) is 5.75 Å². The summed E-state index contributed by atoms with van der Waals surface area (Å²) in [6, 6.07) is 19.4. The average molecular weight is 566 g/mol. The van der Waals surface area contributed by atoms with E-state index < -0.39 is 11.9 Å². The molecular weight excluding hydrogens is 533 g/mol. The van der Waals surface area contributed by atoms with Crippen molar-refractivity contribution in [2.24, 2.45) is 0 Å². The SMILES string of the molecule is O=C1N[C@@H](Cc2ccccc2)C(=O)NCCCCN(C(=O)Cc2ccc(F)cc2)CCCOc2ccc(Cl)cc21. The predicted molar refractivity (Wildman–Crippen MR) is 152 cm³/mol. The Hall–Kier alpha value is -3.91. The molecule has 0 saturated carbocycles. The molecule has 40 heavy (non-hydrogen) atoms. The van der Waals surface area contributed by atoms with Gasteiger partial charge in [-0.3, -0.25) is 14.4 Å². The van der Waals surface area contributed by atoms with Gasteiger partial charge >= 0.3 is 0 Å². The molecule has 3 amide bonds. The summed E-state index contributed by atoms with van der Waals surface area (Å²) in [5.74, 6) is -0.820. The van der Waals surface area contributed by atoms with E-state index >= 15 is 0 Å². The minimum atomic E-state index is -0.802. The van der Waals surface area contributed by atoms with Crippen molar-refractivity contribution in [1.82, 2.24) is 15.5 Å². The van der Waals surface area contributed by atoms with Gasteiger partial charge in [0.15, 0.2) is 0 Å². The van der Waals surface area contributed by atoms with E-state index in [1.807, 2.05) is 30.3 Å². The average Bonchev–Trinajstić information content (AvgIpc) is 2.95. The summed E-state index contributed by atoms with van der Waals surface area (Å²) >= 11 is 6.20. The minimum Gasteiger partial charge on any atom is -0.493 e. The molecule has 3 aromatic rings. The van der Waals surface area contributed by atoms with Crippen LogP contribution in [-0.4, -0.2) is 54.9 Å². The van der Waals surface area contributed by atoms with Gasteiger partial charge in [0.1, 0.15) is 17.6 Å². The van der Waals surface area contributed by atoms with Crippen molar-refractivity contribution in [3.63, 3.8) is 0 Å². The Morgan fingerprint density at radius 1 is 0.950 bits per heavy atom. The first-order valence-electron chi connectivity index (χ1n) is 13.5. The van der Waals surface area contributed by atoms with Crippen molar-refractivity contribution in [3.8, 4) is 5.75 Å². The number of halogens is 2. The fourth-order valence-corrected chi connectivity index (χ4v) is 4.72. The Morgan fingerprint density at radius 2 is 1.70 bits per heavy atom. The van der Waals surface area contributed by atoms with Crippen LogP contribution in [0, 0.1) is 5.82 Å². The molecule has 2 N–H and O–H groups in total. The summed E-state index contributed by atoms with van der Waals surface area (Å²) in [4.78, 5) is 41.4. The van der Waals surface area contributed by atoms with Gasteiger partial charge in [-0.15, -0.1) is 0 Å².